The first-order valence-electron chi connectivity index (χ1n) is 5.37. The maximum Gasteiger partial charge on any atom is 0.238 e. The largest absolute Gasteiger partial charge is 0.397 e. The molecule has 5 N–H and O–H groups in total. The highest BCUT2D eigenvalue weighted by atomic mass is 32.2. The van der Waals surface area contributed by atoms with Gasteiger partial charge in [-0.25, -0.2) is 18.5 Å². The Labute approximate surface area is 110 Å². The third-order valence-corrected chi connectivity index (χ3v) is 3.35. The normalized spacial score (nSPS) is 11.5. The molecule has 0 fully saturated rings. The summed E-state index contributed by atoms with van der Waals surface area (Å²) in [6, 6.07) is 4.25. The SMILES string of the molecule is Cn1cnc(CNc2ccc(S(N)(=O)=O)cc2N)n1. The van der Waals surface area contributed by atoms with Crippen LogP contribution in [0.25, 0.3) is 0 Å². The Hall–Kier alpha value is -2.13. The number of nitrogens with zero attached hydrogens (tertiary/aromatic N) is 3. The molecule has 8 nitrogen and oxygen atoms in total. The number of aryl methyl sites for hydroxylation is 1. The third-order valence-electron chi connectivity index (χ3n) is 2.44. The molecule has 1 aromatic carbocycles. The molecule has 0 saturated heterocycles. The van der Waals surface area contributed by atoms with Crippen LogP contribution in [0.15, 0.2) is 29.4 Å². The first-order chi connectivity index (χ1) is 8.86. The van der Waals surface area contributed by atoms with Gasteiger partial charge in [-0.05, 0) is 18.2 Å². The number of rotatable bonds is 4. The van der Waals surface area contributed by atoms with Crippen LogP contribution in [0.2, 0.25) is 0 Å². The van der Waals surface area contributed by atoms with Crippen molar-refractivity contribution in [3.8, 4) is 0 Å². The lowest BCUT2D eigenvalue weighted by Gasteiger charge is -2.08. The van der Waals surface area contributed by atoms with Crippen LogP contribution in [0.1, 0.15) is 5.82 Å². The van der Waals surface area contributed by atoms with E-state index in [1.807, 2.05) is 0 Å². The summed E-state index contributed by atoms with van der Waals surface area (Å²) < 4.78 is 23.9. The Bertz CT molecular complexity index is 694. The second-order valence-electron chi connectivity index (χ2n) is 3.98. The fourth-order valence-electron chi connectivity index (χ4n) is 1.52. The molecule has 0 saturated carbocycles. The van der Waals surface area contributed by atoms with E-state index in [1.165, 1.54) is 12.1 Å². The van der Waals surface area contributed by atoms with E-state index in [1.54, 1.807) is 24.1 Å². The van der Waals surface area contributed by atoms with E-state index in [4.69, 9.17) is 10.9 Å². The van der Waals surface area contributed by atoms with Crippen LogP contribution < -0.4 is 16.2 Å². The van der Waals surface area contributed by atoms with Crippen LogP contribution in [0.4, 0.5) is 11.4 Å². The highest BCUT2D eigenvalue weighted by Gasteiger charge is 2.10. The molecule has 2 aromatic rings. The summed E-state index contributed by atoms with van der Waals surface area (Å²) >= 11 is 0. The van der Waals surface area contributed by atoms with E-state index in [-0.39, 0.29) is 4.90 Å². The van der Waals surface area contributed by atoms with Crippen molar-refractivity contribution in [2.75, 3.05) is 11.1 Å². The second kappa shape index (κ2) is 4.86. The van der Waals surface area contributed by atoms with Gasteiger partial charge in [-0.2, -0.15) is 5.10 Å². The molecule has 0 aliphatic rings. The maximum atomic E-state index is 11.2. The first-order valence-corrected chi connectivity index (χ1v) is 6.91. The number of nitrogen functional groups attached to an aromatic ring is 1. The number of benzene rings is 1. The third kappa shape index (κ3) is 3.20. The van der Waals surface area contributed by atoms with Gasteiger partial charge in [-0.1, -0.05) is 0 Å². The quantitative estimate of drug-likeness (QED) is 0.658. The number of nitrogens with one attached hydrogen (secondary N) is 1. The second-order valence-corrected chi connectivity index (χ2v) is 5.54. The van der Waals surface area contributed by atoms with Gasteiger partial charge in [0.25, 0.3) is 0 Å². The van der Waals surface area contributed by atoms with Crippen molar-refractivity contribution >= 4 is 21.4 Å². The van der Waals surface area contributed by atoms with Crippen molar-refractivity contribution in [1.82, 2.24) is 14.8 Å². The monoisotopic (exact) mass is 282 g/mol. The van der Waals surface area contributed by atoms with Crippen molar-refractivity contribution in [3.05, 3.63) is 30.4 Å². The lowest BCUT2D eigenvalue weighted by molar-refractivity contribution is 0.598. The van der Waals surface area contributed by atoms with Gasteiger partial charge in [0.2, 0.25) is 10.0 Å². The number of nitrogens with two attached hydrogens (primary N) is 2. The van der Waals surface area contributed by atoms with Crippen molar-refractivity contribution in [2.24, 2.45) is 12.2 Å². The standard InChI is InChI=1S/C10H14N6O2S/c1-16-6-14-10(15-16)5-13-9-3-2-7(4-8(9)11)19(12,17)18/h2-4,6,13H,5,11H2,1H3,(H2,12,17,18). The Morgan fingerprint density at radius 3 is 2.68 bits per heavy atom. The van der Waals surface area contributed by atoms with Gasteiger partial charge in [0, 0.05) is 7.05 Å². The molecule has 2 rings (SSSR count). The zero-order valence-corrected chi connectivity index (χ0v) is 11.1. The molecule has 0 spiro atoms. The number of hydrogen-bond donors (Lipinski definition) is 3. The number of hydrogen-bond acceptors (Lipinski definition) is 6. The van der Waals surface area contributed by atoms with Crippen molar-refractivity contribution in [1.29, 1.82) is 0 Å². The van der Waals surface area contributed by atoms with E-state index in [9.17, 15) is 8.42 Å². The number of sulfonamides is 1. The van der Waals surface area contributed by atoms with Crippen molar-refractivity contribution < 1.29 is 8.42 Å². The zero-order chi connectivity index (χ0) is 14.0. The maximum absolute atomic E-state index is 11.2. The lowest BCUT2D eigenvalue weighted by Crippen LogP contribution is -2.13. The minimum atomic E-state index is -3.74. The fourth-order valence-corrected chi connectivity index (χ4v) is 2.07. The van der Waals surface area contributed by atoms with E-state index < -0.39 is 10.0 Å². The van der Waals surface area contributed by atoms with Crippen LogP contribution in [-0.2, 0) is 23.6 Å². The van der Waals surface area contributed by atoms with Crippen LogP contribution in [0.5, 0.6) is 0 Å². The molecule has 0 bridgehead atoms. The topological polar surface area (TPSA) is 129 Å². The highest BCUT2D eigenvalue weighted by Crippen LogP contribution is 2.22. The van der Waals surface area contributed by atoms with Gasteiger partial charge in [-0.15, -0.1) is 0 Å². The van der Waals surface area contributed by atoms with Crippen molar-refractivity contribution in [2.45, 2.75) is 11.4 Å². The van der Waals surface area contributed by atoms with Crippen LogP contribution in [0.3, 0.4) is 0 Å². The highest BCUT2D eigenvalue weighted by molar-refractivity contribution is 7.89. The zero-order valence-electron chi connectivity index (χ0n) is 10.2. The molecule has 0 atom stereocenters. The molecule has 1 aromatic heterocycles. The van der Waals surface area contributed by atoms with E-state index >= 15 is 0 Å². The van der Waals surface area contributed by atoms with Gasteiger partial charge < -0.3 is 11.1 Å². The molecule has 102 valence electrons. The summed E-state index contributed by atoms with van der Waals surface area (Å²) in [6.07, 6.45) is 1.59. The van der Waals surface area contributed by atoms with Gasteiger partial charge in [0.05, 0.1) is 22.8 Å². The molecule has 0 amide bonds. The first kappa shape index (κ1) is 13.3. The molecule has 9 heteroatoms. The molecular weight excluding hydrogens is 268 g/mol. The lowest BCUT2D eigenvalue weighted by atomic mass is 10.2. The van der Waals surface area contributed by atoms with Crippen LogP contribution >= 0.6 is 0 Å². The molecule has 0 unspecified atom stereocenters. The minimum Gasteiger partial charge on any atom is -0.397 e. The summed E-state index contributed by atoms with van der Waals surface area (Å²) in [6.45, 7) is 0.389. The molecule has 0 radical (unpaired) electrons. The predicted molar refractivity (Wildman–Crippen MR) is 70.6 cm³/mol. The molecule has 0 aliphatic heterocycles. The average Bonchev–Trinajstić information content (AvgIpc) is 2.72. The summed E-state index contributed by atoms with van der Waals surface area (Å²) in [4.78, 5) is 4.03. The minimum absolute atomic E-state index is 0.0217. The van der Waals surface area contributed by atoms with Gasteiger partial charge in [0.1, 0.15) is 6.33 Å². The van der Waals surface area contributed by atoms with E-state index in [0.717, 1.165) is 0 Å². The van der Waals surface area contributed by atoms with E-state index in [0.29, 0.717) is 23.7 Å². The van der Waals surface area contributed by atoms with Crippen LogP contribution in [-0.4, -0.2) is 23.2 Å². The molecular formula is C10H14N6O2S. The Morgan fingerprint density at radius 2 is 2.16 bits per heavy atom. The summed E-state index contributed by atoms with van der Waals surface area (Å²) in [5.41, 5.74) is 6.65. The number of primary sulfonamides is 1. The van der Waals surface area contributed by atoms with Gasteiger partial charge >= 0.3 is 0 Å². The van der Waals surface area contributed by atoms with Crippen molar-refractivity contribution in [3.63, 3.8) is 0 Å². The summed E-state index contributed by atoms with van der Waals surface area (Å²) in [5, 5.41) is 12.1. The fraction of sp³-hybridized carbons (Fsp3) is 0.200. The molecule has 1 heterocycles. The Balaban J connectivity index is 2.14. The van der Waals surface area contributed by atoms with Gasteiger partial charge in [0.15, 0.2) is 5.82 Å². The summed E-state index contributed by atoms with van der Waals surface area (Å²) in [5.74, 6) is 0.609. The molecule has 0 aliphatic carbocycles. The van der Waals surface area contributed by atoms with E-state index in [2.05, 4.69) is 15.4 Å². The number of anilines is 2. The van der Waals surface area contributed by atoms with Crippen LogP contribution in [0, 0.1) is 0 Å². The molecule has 19 heavy (non-hydrogen) atoms. The van der Waals surface area contributed by atoms with Gasteiger partial charge in [-0.3, -0.25) is 4.68 Å². The average molecular weight is 282 g/mol. The Morgan fingerprint density at radius 1 is 1.42 bits per heavy atom. The predicted octanol–water partition coefficient (Wildman–Crippen LogP) is -0.343. The smallest absolute Gasteiger partial charge is 0.238 e. The number of aromatic nitrogens is 3. The summed E-state index contributed by atoms with van der Waals surface area (Å²) in [7, 11) is -1.97. The Kier molecular flexibility index (Phi) is 3.40.